The van der Waals surface area contributed by atoms with Gasteiger partial charge in [0.05, 0.1) is 6.61 Å². The molecule has 1 aromatic carbocycles. The minimum Gasteiger partial charge on any atom is -0.493 e. The molecule has 0 aliphatic carbocycles. The average molecular weight is 563 g/mol. The third-order valence-corrected chi connectivity index (χ3v) is 6.03. The van der Waals surface area contributed by atoms with Gasteiger partial charge in [0.2, 0.25) is 0 Å². The Morgan fingerprint density at radius 3 is 1.97 bits per heavy atom. The van der Waals surface area contributed by atoms with Crippen LogP contribution in [-0.2, 0) is 42.9 Å². The van der Waals surface area contributed by atoms with Crippen molar-refractivity contribution in [1.29, 1.82) is 0 Å². The van der Waals surface area contributed by atoms with Crippen LogP contribution < -0.4 is 4.74 Å². The molecule has 34 heavy (non-hydrogen) atoms. The van der Waals surface area contributed by atoms with Crippen molar-refractivity contribution in [3.8, 4) is 5.75 Å². The van der Waals surface area contributed by atoms with Gasteiger partial charge in [-0.25, -0.2) is 0 Å². The highest BCUT2D eigenvalue weighted by Gasteiger charge is 2.52. The van der Waals surface area contributed by atoms with Crippen molar-refractivity contribution in [1.82, 2.24) is 0 Å². The van der Waals surface area contributed by atoms with Crippen LogP contribution in [0.2, 0.25) is 0 Å². The molecule has 1 fully saturated rings. The van der Waals surface area contributed by atoms with Gasteiger partial charge in [-0.05, 0) is 24.3 Å². The third kappa shape index (κ3) is 9.15. The van der Waals surface area contributed by atoms with Crippen molar-refractivity contribution in [2.45, 2.75) is 57.5 Å². The third-order valence-electron chi connectivity index (χ3n) is 4.40. The summed E-state index contributed by atoms with van der Waals surface area (Å²) in [5.74, 6) is -1.45. The van der Waals surface area contributed by atoms with Crippen molar-refractivity contribution in [3.63, 3.8) is 0 Å². The van der Waals surface area contributed by atoms with E-state index in [1.54, 1.807) is 0 Å². The lowest BCUT2D eigenvalue weighted by Crippen LogP contribution is -2.61. The van der Waals surface area contributed by atoms with Crippen LogP contribution in [-0.4, -0.2) is 72.7 Å². The molecule has 1 aliphatic heterocycles. The highest BCUT2D eigenvalue weighted by Crippen LogP contribution is 2.34. The molecule has 188 valence electrons. The van der Waals surface area contributed by atoms with Crippen molar-refractivity contribution >= 4 is 51.6 Å². The van der Waals surface area contributed by atoms with Gasteiger partial charge in [0.1, 0.15) is 23.9 Å². The van der Waals surface area contributed by atoms with Crippen LogP contribution in [0.15, 0.2) is 28.7 Å². The molecule has 1 heterocycles. The van der Waals surface area contributed by atoms with E-state index in [4.69, 9.17) is 28.4 Å². The molecule has 1 saturated heterocycles. The minimum absolute atomic E-state index is 0.260. The summed E-state index contributed by atoms with van der Waals surface area (Å²) in [5, 5.41) is 0. The Bertz CT molecular complexity index is 862. The standard InChI is InChI=1S/C22H27BrO10S/c1-12(24)29-11-18-19(30-13(2)25)20(31-14(3)26)21(32-15(4)27)22(33-18)34-10-9-28-17-7-5-16(23)6-8-17/h5-8,18-22H,9-11H2,1-4H3/t18-,19-,20+,21+,22+/m0/s1. The number of carbonyl (C=O) groups excluding carboxylic acids is 4. The molecular weight excluding hydrogens is 536 g/mol. The van der Waals surface area contributed by atoms with Gasteiger partial charge in [0.25, 0.3) is 0 Å². The number of hydrogen-bond acceptors (Lipinski definition) is 11. The second-order valence-corrected chi connectivity index (χ2v) is 9.36. The average Bonchev–Trinajstić information content (AvgIpc) is 2.74. The van der Waals surface area contributed by atoms with Crippen LogP contribution in [0.4, 0.5) is 0 Å². The Kier molecular flexibility index (Phi) is 11.1. The lowest BCUT2D eigenvalue weighted by Gasteiger charge is -2.44. The normalized spacial score (nSPS) is 24.0. The fraction of sp³-hybridized carbons (Fsp3) is 0.545. The lowest BCUT2D eigenvalue weighted by atomic mass is 9.99. The number of halogens is 1. The van der Waals surface area contributed by atoms with E-state index in [1.165, 1.54) is 39.5 Å². The fourth-order valence-corrected chi connectivity index (χ4v) is 4.48. The molecule has 0 radical (unpaired) electrons. The van der Waals surface area contributed by atoms with Crippen LogP contribution in [0.1, 0.15) is 27.7 Å². The zero-order valence-electron chi connectivity index (χ0n) is 19.2. The van der Waals surface area contributed by atoms with Crippen molar-refractivity contribution in [3.05, 3.63) is 28.7 Å². The van der Waals surface area contributed by atoms with Gasteiger partial charge in [-0.3, -0.25) is 19.2 Å². The first-order valence-electron chi connectivity index (χ1n) is 10.4. The molecule has 1 aromatic rings. The molecule has 0 amide bonds. The molecule has 5 atom stereocenters. The number of benzene rings is 1. The van der Waals surface area contributed by atoms with E-state index in [-0.39, 0.29) is 6.61 Å². The molecule has 0 unspecified atom stereocenters. The summed E-state index contributed by atoms with van der Waals surface area (Å²) in [6.07, 6.45) is -4.39. The summed E-state index contributed by atoms with van der Waals surface area (Å²) >= 11 is 4.61. The largest absolute Gasteiger partial charge is 0.493 e. The maximum atomic E-state index is 11.8. The van der Waals surface area contributed by atoms with Gasteiger partial charge < -0.3 is 28.4 Å². The Labute approximate surface area is 210 Å². The highest BCUT2D eigenvalue weighted by atomic mass is 79.9. The van der Waals surface area contributed by atoms with E-state index in [0.29, 0.717) is 18.1 Å². The molecule has 1 aliphatic rings. The van der Waals surface area contributed by atoms with E-state index in [0.717, 1.165) is 4.47 Å². The zero-order valence-corrected chi connectivity index (χ0v) is 21.6. The Morgan fingerprint density at radius 2 is 1.41 bits per heavy atom. The molecule has 0 saturated carbocycles. The molecule has 0 spiro atoms. The quantitative estimate of drug-likeness (QED) is 0.237. The summed E-state index contributed by atoms with van der Waals surface area (Å²) in [7, 11) is 0. The topological polar surface area (TPSA) is 124 Å². The monoisotopic (exact) mass is 562 g/mol. The first kappa shape index (κ1) is 27.9. The number of rotatable bonds is 10. The maximum Gasteiger partial charge on any atom is 0.303 e. The number of esters is 4. The van der Waals surface area contributed by atoms with Crippen LogP contribution in [0, 0.1) is 0 Å². The minimum atomic E-state index is -1.18. The van der Waals surface area contributed by atoms with Gasteiger partial charge in [0, 0.05) is 37.9 Å². The number of hydrogen-bond donors (Lipinski definition) is 0. The Balaban J connectivity index is 2.20. The van der Waals surface area contributed by atoms with Crippen LogP contribution in [0.5, 0.6) is 5.75 Å². The summed E-state index contributed by atoms with van der Waals surface area (Å²) < 4.78 is 33.9. The summed E-state index contributed by atoms with van der Waals surface area (Å²) in [4.78, 5) is 46.8. The second kappa shape index (κ2) is 13.5. The van der Waals surface area contributed by atoms with Gasteiger partial charge in [0.15, 0.2) is 18.3 Å². The molecular formula is C22H27BrO10S. The lowest BCUT2D eigenvalue weighted by molar-refractivity contribution is -0.237. The predicted octanol–water partition coefficient (Wildman–Crippen LogP) is 2.64. The van der Waals surface area contributed by atoms with Gasteiger partial charge in [-0.1, -0.05) is 15.9 Å². The SMILES string of the molecule is CC(=O)OC[C@@H]1O[C@H](SCCOc2ccc(Br)cc2)[C@H](OC(C)=O)[C@H](OC(C)=O)[C@H]1OC(C)=O. The number of ether oxygens (including phenoxy) is 6. The van der Waals surface area contributed by atoms with E-state index in [1.807, 2.05) is 24.3 Å². The van der Waals surface area contributed by atoms with E-state index in [2.05, 4.69) is 15.9 Å². The summed E-state index contributed by atoms with van der Waals surface area (Å²) in [5.41, 5.74) is -0.825. The highest BCUT2D eigenvalue weighted by molar-refractivity contribution is 9.10. The van der Waals surface area contributed by atoms with E-state index in [9.17, 15) is 19.2 Å². The summed E-state index contributed by atoms with van der Waals surface area (Å²) in [6.45, 7) is 4.83. The first-order valence-corrected chi connectivity index (χ1v) is 12.2. The van der Waals surface area contributed by atoms with Gasteiger partial charge >= 0.3 is 23.9 Å². The molecule has 0 N–H and O–H groups in total. The zero-order chi connectivity index (χ0) is 25.3. The molecule has 2 rings (SSSR count). The summed E-state index contributed by atoms with van der Waals surface area (Å²) in [6, 6.07) is 7.32. The van der Waals surface area contributed by atoms with Crippen molar-refractivity contribution in [2.24, 2.45) is 0 Å². The predicted molar refractivity (Wildman–Crippen MR) is 124 cm³/mol. The second-order valence-electron chi connectivity index (χ2n) is 7.24. The number of carbonyl (C=O) groups is 4. The van der Waals surface area contributed by atoms with E-state index >= 15 is 0 Å². The number of thioether (sulfide) groups is 1. The molecule has 0 aromatic heterocycles. The van der Waals surface area contributed by atoms with Crippen LogP contribution in [0.3, 0.4) is 0 Å². The van der Waals surface area contributed by atoms with E-state index < -0.39 is 53.7 Å². The maximum absolute atomic E-state index is 11.8. The van der Waals surface area contributed by atoms with Crippen LogP contribution in [0.25, 0.3) is 0 Å². The Morgan fingerprint density at radius 1 is 0.853 bits per heavy atom. The first-order chi connectivity index (χ1) is 16.1. The van der Waals surface area contributed by atoms with Crippen molar-refractivity contribution in [2.75, 3.05) is 19.0 Å². The van der Waals surface area contributed by atoms with Gasteiger partial charge in [-0.15, -0.1) is 11.8 Å². The van der Waals surface area contributed by atoms with Gasteiger partial charge in [-0.2, -0.15) is 0 Å². The smallest absolute Gasteiger partial charge is 0.303 e. The molecule has 0 bridgehead atoms. The Hall–Kier alpha value is -2.31. The van der Waals surface area contributed by atoms with Crippen LogP contribution >= 0.6 is 27.7 Å². The molecule has 12 heteroatoms. The fourth-order valence-electron chi connectivity index (χ4n) is 3.18. The molecule has 10 nitrogen and oxygen atoms in total. The van der Waals surface area contributed by atoms with Crippen molar-refractivity contribution < 1.29 is 47.6 Å².